The number of ether oxygens (including phenoxy) is 3. The van der Waals surface area contributed by atoms with Crippen LogP contribution in [-0.4, -0.2) is 27.2 Å². The summed E-state index contributed by atoms with van der Waals surface area (Å²) in [4.78, 5) is 12.1. The van der Waals surface area contributed by atoms with Gasteiger partial charge >= 0.3 is 0 Å². The summed E-state index contributed by atoms with van der Waals surface area (Å²) in [6.07, 6.45) is 2.95. The number of carbonyl (C=O) groups excluding carboxylic acids is 1. The highest BCUT2D eigenvalue weighted by Gasteiger charge is 2.14. The van der Waals surface area contributed by atoms with Crippen molar-refractivity contribution in [3.63, 3.8) is 0 Å². The lowest BCUT2D eigenvalue weighted by molar-refractivity contribution is -0.111. The molecule has 0 aliphatic rings. The maximum atomic E-state index is 12.1. The standard InChI is InChI=1S/C18H17Cl2NO4/c1-23-14-9-12(10-15(24-2)18(14)25-3)21-16(22)8-7-11-5-4-6-13(19)17(11)20/h4-10H,1-3H3,(H,21,22)/b8-7+. The number of benzene rings is 2. The van der Waals surface area contributed by atoms with E-state index in [-0.39, 0.29) is 5.91 Å². The van der Waals surface area contributed by atoms with Crippen molar-refractivity contribution in [2.45, 2.75) is 0 Å². The molecule has 0 heterocycles. The summed E-state index contributed by atoms with van der Waals surface area (Å²) in [7, 11) is 4.52. The summed E-state index contributed by atoms with van der Waals surface area (Å²) in [5.74, 6) is 0.993. The van der Waals surface area contributed by atoms with Crippen molar-refractivity contribution in [3.05, 3.63) is 52.0 Å². The molecule has 5 nitrogen and oxygen atoms in total. The van der Waals surface area contributed by atoms with Crippen molar-refractivity contribution in [2.75, 3.05) is 26.6 Å². The number of methoxy groups -OCH3 is 3. The van der Waals surface area contributed by atoms with E-state index in [1.54, 1.807) is 36.4 Å². The van der Waals surface area contributed by atoms with Crippen LogP contribution in [0.15, 0.2) is 36.4 Å². The molecule has 2 aromatic rings. The molecule has 25 heavy (non-hydrogen) atoms. The molecule has 0 fully saturated rings. The van der Waals surface area contributed by atoms with Crippen LogP contribution in [0.3, 0.4) is 0 Å². The predicted octanol–water partition coefficient (Wildman–Crippen LogP) is 4.67. The van der Waals surface area contributed by atoms with Gasteiger partial charge < -0.3 is 19.5 Å². The molecule has 0 saturated heterocycles. The number of nitrogens with one attached hydrogen (secondary N) is 1. The van der Waals surface area contributed by atoms with Crippen molar-refractivity contribution in [2.24, 2.45) is 0 Å². The number of halogens is 2. The minimum Gasteiger partial charge on any atom is -0.493 e. The van der Waals surface area contributed by atoms with Gasteiger partial charge in [0.15, 0.2) is 11.5 Å². The molecule has 0 aliphatic heterocycles. The van der Waals surface area contributed by atoms with Crippen LogP contribution >= 0.6 is 23.2 Å². The molecule has 2 rings (SSSR count). The number of hydrogen-bond acceptors (Lipinski definition) is 4. The molecule has 1 N–H and O–H groups in total. The zero-order chi connectivity index (χ0) is 18.4. The van der Waals surface area contributed by atoms with E-state index < -0.39 is 0 Å². The van der Waals surface area contributed by atoms with Gasteiger partial charge in [0.05, 0.1) is 31.4 Å². The van der Waals surface area contributed by atoms with Crippen LogP contribution in [0.25, 0.3) is 6.08 Å². The van der Waals surface area contributed by atoms with Crippen LogP contribution in [0.2, 0.25) is 10.0 Å². The summed E-state index contributed by atoms with van der Waals surface area (Å²) < 4.78 is 15.7. The molecule has 0 radical (unpaired) electrons. The topological polar surface area (TPSA) is 56.8 Å². The first-order chi connectivity index (χ1) is 12.0. The van der Waals surface area contributed by atoms with Gasteiger partial charge in [-0.25, -0.2) is 0 Å². The number of amides is 1. The highest BCUT2D eigenvalue weighted by Crippen LogP contribution is 2.39. The monoisotopic (exact) mass is 381 g/mol. The second-order valence-corrected chi connectivity index (χ2v) is 5.66. The van der Waals surface area contributed by atoms with Crippen molar-refractivity contribution < 1.29 is 19.0 Å². The van der Waals surface area contributed by atoms with Gasteiger partial charge in [0.1, 0.15) is 0 Å². The first-order valence-corrected chi connectivity index (χ1v) is 7.98. The van der Waals surface area contributed by atoms with Crippen LogP contribution in [0.4, 0.5) is 5.69 Å². The van der Waals surface area contributed by atoms with E-state index in [4.69, 9.17) is 37.4 Å². The summed E-state index contributed by atoms with van der Waals surface area (Å²) in [6, 6.07) is 8.47. The van der Waals surface area contributed by atoms with E-state index in [1.807, 2.05) is 0 Å². The Bertz CT molecular complexity index is 781. The Morgan fingerprint density at radius 2 is 1.68 bits per heavy atom. The average Bonchev–Trinajstić information content (AvgIpc) is 2.62. The van der Waals surface area contributed by atoms with E-state index in [1.165, 1.54) is 27.4 Å². The van der Waals surface area contributed by atoms with E-state index in [2.05, 4.69) is 5.32 Å². The lowest BCUT2D eigenvalue weighted by atomic mass is 10.2. The summed E-state index contributed by atoms with van der Waals surface area (Å²) in [5.41, 5.74) is 1.15. The molecule has 132 valence electrons. The maximum Gasteiger partial charge on any atom is 0.248 e. The average molecular weight is 382 g/mol. The molecule has 7 heteroatoms. The fourth-order valence-electron chi connectivity index (χ4n) is 2.15. The fourth-order valence-corrected chi connectivity index (χ4v) is 2.52. The Balaban J connectivity index is 2.20. The first-order valence-electron chi connectivity index (χ1n) is 7.23. The number of carbonyl (C=O) groups is 1. The maximum absolute atomic E-state index is 12.1. The first kappa shape index (κ1) is 19.0. The zero-order valence-corrected chi connectivity index (χ0v) is 15.4. The van der Waals surface area contributed by atoms with Gasteiger partial charge in [-0.3, -0.25) is 4.79 Å². The van der Waals surface area contributed by atoms with E-state index in [0.717, 1.165) is 0 Å². The highest BCUT2D eigenvalue weighted by molar-refractivity contribution is 6.42. The second-order valence-electron chi connectivity index (χ2n) is 4.88. The molecular formula is C18H17Cl2NO4. The minimum absolute atomic E-state index is 0.342. The van der Waals surface area contributed by atoms with Gasteiger partial charge in [0.25, 0.3) is 0 Å². The van der Waals surface area contributed by atoms with Crippen molar-refractivity contribution in [1.82, 2.24) is 0 Å². The second kappa shape index (κ2) is 8.65. The Kier molecular flexibility index (Phi) is 6.56. The van der Waals surface area contributed by atoms with Crippen LogP contribution in [0.1, 0.15) is 5.56 Å². The third-order valence-electron chi connectivity index (χ3n) is 3.33. The number of anilines is 1. The van der Waals surface area contributed by atoms with E-state index >= 15 is 0 Å². The normalized spacial score (nSPS) is 10.6. The van der Waals surface area contributed by atoms with Gasteiger partial charge in [0.2, 0.25) is 11.7 Å². The van der Waals surface area contributed by atoms with Crippen LogP contribution in [0, 0.1) is 0 Å². The van der Waals surface area contributed by atoms with Gasteiger partial charge in [-0.2, -0.15) is 0 Å². The molecule has 2 aromatic carbocycles. The van der Waals surface area contributed by atoms with Crippen molar-refractivity contribution in [3.8, 4) is 17.2 Å². The minimum atomic E-state index is -0.342. The Labute approximate surface area is 156 Å². The number of hydrogen-bond donors (Lipinski definition) is 1. The summed E-state index contributed by atoms with van der Waals surface area (Å²) in [6.45, 7) is 0. The summed E-state index contributed by atoms with van der Waals surface area (Å²) in [5, 5.41) is 3.54. The van der Waals surface area contributed by atoms with Gasteiger partial charge in [-0.1, -0.05) is 35.3 Å². The van der Waals surface area contributed by atoms with E-state index in [0.29, 0.717) is 38.5 Å². The summed E-state index contributed by atoms with van der Waals surface area (Å²) >= 11 is 12.0. The smallest absolute Gasteiger partial charge is 0.248 e. The molecule has 0 atom stereocenters. The molecule has 0 unspecified atom stereocenters. The third kappa shape index (κ3) is 4.59. The van der Waals surface area contributed by atoms with Crippen molar-refractivity contribution >= 4 is 40.9 Å². The van der Waals surface area contributed by atoms with Gasteiger partial charge in [0, 0.05) is 23.9 Å². The zero-order valence-electron chi connectivity index (χ0n) is 13.9. The van der Waals surface area contributed by atoms with E-state index in [9.17, 15) is 4.79 Å². The fraction of sp³-hybridized carbons (Fsp3) is 0.167. The van der Waals surface area contributed by atoms with Crippen molar-refractivity contribution in [1.29, 1.82) is 0 Å². The quantitative estimate of drug-likeness (QED) is 0.738. The molecule has 0 aromatic heterocycles. The highest BCUT2D eigenvalue weighted by atomic mass is 35.5. The van der Waals surface area contributed by atoms with Gasteiger partial charge in [-0.15, -0.1) is 0 Å². The van der Waals surface area contributed by atoms with Crippen LogP contribution in [-0.2, 0) is 4.79 Å². The largest absolute Gasteiger partial charge is 0.493 e. The van der Waals surface area contributed by atoms with Gasteiger partial charge in [-0.05, 0) is 17.7 Å². The lowest BCUT2D eigenvalue weighted by Gasteiger charge is -2.14. The van der Waals surface area contributed by atoms with Crippen LogP contribution in [0.5, 0.6) is 17.2 Å². The SMILES string of the molecule is COc1cc(NC(=O)/C=C/c2cccc(Cl)c2Cl)cc(OC)c1OC. The molecular weight excluding hydrogens is 365 g/mol. The Hall–Kier alpha value is -2.37. The predicted molar refractivity (Wildman–Crippen MR) is 100 cm³/mol. The Morgan fingerprint density at radius 3 is 2.24 bits per heavy atom. The number of rotatable bonds is 6. The molecule has 0 bridgehead atoms. The Morgan fingerprint density at radius 1 is 1.04 bits per heavy atom. The molecule has 1 amide bonds. The molecule has 0 saturated carbocycles. The lowest BCUT2D eigenvalue weighted by Crippen LogP contribution is -2.08. The molecule has 0 aliphatic carbocycles. The van der Waals surface area contributed by atoms with Crippen LogP contribution < -0.4 is 19.5 Å². The third-order valence-corrected chi connectivity index (χ3v) is 4.16. The molecule has 0 spiro atoms.